The van der Waals surface area contributed by atoms with Gasteiger partial charge < -0.3 is 4.74 Å². The zero-order valence-electron chi connectivity index (χ0n) is 17.4. The van der Waals surface area contributed by atoms with Crippen LogP contribution in [-0.4, -0.2) is 16.0 Å². The van der Waals surface area contributed by atoms with Crippen molar-refractivity contribution in [1.82, 2.24) is 4.90 Å². The predicted molar refractivity (Wildman–Crippen MR) is 150 cm³/mol. The van der Waals surface area contributed by atoms with Gasteiger partial charge in [-0.15, -0.1) is 0 Å². The molecule has 0 spiro atoms. The maximum atomic E-state index is 13.0. The van der Waals surface area contributed by atoms with Gasteiger partial charge in [-0.1, -0.05) is 41.9 Å². The van der Waals surface area contributed by atoms with Gasteiger partial charge in [-0.2, -0.15) is 5.26 Å². The molecule has 0 atom stereocenters. The number of rotatable bonds is 6. The lowest BCUT2D eigenvalue weighted by Gasteiger charge is -2.14. The Hall–Kier alpha value is -2.07. The van der Waals surface area contributed by atoms with E-state index in [4.69, 9.17) is 16.3 Å². The summed E-state index contributed by atoms with van der Waals surface area (Å²) in [6, 6.07) is 20.4. The Morgan fingerprint density at radius 3 is 2.56 bits per heavy atom. The first-order valence-corrected chi connectivity index (χ1v) is 13.3. The second-order valence-corrected chi connectivity index (χ2v) is 11.1. The number of halogens is 3. The number of hydrogen-bond donors (Lipinski definition) is 0. The van der Waals surface area contributed by atoms with Crippen molar-refractivity contribution >= 4 is 85.8 Å². The third kappa shape index (κ3) is 5.76. The molecular formula is C25H15ClI2N2O3S. The fraction of sp³-hybridized carbons (Fsp3) is 0.0800. The smallest absolute Gasteiger partial charge is 0.293 e. The average molecular weight is 713 g/mol. The molecule has 34 heavy (non-hydrogen) atoms. The van der Waals surface area contributed by atoms with Crippen LogP contribution in [0.25, 0.3) is 6.08 Å². The van der Waals surface area contributed by atoms with Crippen LogP contribution in [0.1, 0.15) is 22.3 Å². The van der Waals surface area contributed by atoms with Gasteiger partial charge in [-0.25, -0.2) is 0 Å². The molecule has 1 fully saturated rings. The van der Waals surface area contributed by atoms with E-state index in [0.717, 1.165) is 30.0 Å². The van der Waals surface area contributed by atoms with Crippen molar-refractivity contribution in [3.8, 4) is 11.8 Å². The quantitative estimate of drug-likeness (QED) is 0.199. The average Bonchev–Trinajstić information content (AvgIpc) is 3.07. The van der Waals surface area contributed by atoms with Gasteiger partial charge in [0.15, 0.2) is 0 Å². The van der Waals surface area contributed by atoms with Crippen LogP contribution in [0, 0.1) is 18.5 Å². The van der Waals surface area contributed by atoms with Gasteiger partial charge in [0.2, 0.25) is 0 Å². The van der Waals surface area contributed by atoms with Gasteiger partial charge in [0, 0.05) is 19.7 Å². The highest BCUT2D eigenvalue weighted by Gasteiger charge is 2.35. The van der Waals surface area contributed by atoms with Crippen LogP contribution >= 0.6 is 68.5 Å². The van der Waals surface area contributed by atoms with E-state index in [1.807, 2.05) is 30.3 Å². The molecule has 3 aromatic rings. The van der Waals surface area contributed by atoms with Crippen LogP contribution in [0.5, 0.6) is 5.75 Å². The van der Waals surface area contributed by atoms with Crippen molar-refractivity contribution < 1.29 is 14.3 Å². The van der Waals surface area contributed by atoms with E-state index in [0.29, 0.717) is 26.8 Å². The van der Waals surface area contributed by atoms with Crippen LogP contribution in [0.2, 0.25) is 5.02 Å². The second kappa shape index (κ2) is 11.1. The summed E-state index contributed by atoms with van der Waals surface area (Å²) in [5, 5.41) is 9.62. The number of hydrogen-bond acceptors (Lipinski definition) is 5. The molecule has 3 aromatic carbocycles. The predicted octanol–water partition coefficient (Wildman–Crippen LogP) is 7.24. The number of ether oxygens (including phenoxy) is 1. The van der Waals surface area contributed by atoms with Crippen LogP contribution in [0.15, 0.2) is 65.6 Å². The van der Waals surface area contributed by atoms with Crippen molar-refractivity contribution in [2.24, 2.45) is 0 Å². The van der Waals surface area contributed by atoms with Crippen LogP contribution in [0.3, 0.4) is 0 Å². The molecule has 1 heterocycles. The fourth-order valence-electron chi connectivity index (χ4n) is 3.29. The molecule has 0 aliphatic carbocycles. The van der Waals surface area contributed by atoms with Crippen molar-refractivity contribution in [3.63, 3.8) is 0 Å². The first kappa shape index (κ1) is 25.0. The zero-order chi connectivity index (χ0) is 24.2. The number of amides is 2. The van der Waals surface area contributed by atoms with Gasteiger partial charge in [0.1, 0.15) is 12.4 Å². The molecule has 5 nitrogen and oxygen atoms in total. The SMILES string of the molecule is N#Cc1ccccc1COc1c(I)cc(I)cc1/C=C1/SC(=O)N(Cc2ccc(Cl)cc2)C1=O. The lowest BCUT2D eigenvalue weighted by Crippen LogP contribution is -2.27. The summed E-state index contributed by atoms with van der Waals surface area (Å²) in [6.07, 6.45) is 1.70. The Morgan fingerprint density at radius 1 is 1.09 bits per heavy atom. The Balaban J connectivity index is 1.60. The highest BCUT2D eigenvalue weighted by molar-refractivity contribution is 14.1. The van der Waals surface area contributed by atoms with Crippen molar-refractivity contribution in [2.45, 2.75) is 13.2 Å². The molecule has 0 bridgehead atoms. The zero-order valence-corrected chi connectivity index (χ0v) is 23.3. The number of carbonyl (C=O) groups is 2. The third-order valence-corrected chi connectivity index (χ3v) is 7.54. The molecule has 1 aliphatic rings. The molecule has 2 amide bonds. The monoisotopic (exact) mass is 712 g/mol. The van der Waals surface area contributed by atoms with Crippen molar-refractivity contribution in [1.29, 1.82) is 5.26 Å². The van der Waals surface area contributed by atoms with Gasteiger partial charge in [0.05, 0.1) is 26.7 Å². The fourth-order valence-corrected chi connectivity index (χ4v) is 6.30. The minimum Gasteiger partial charge on any atom is -0.487 e. The topological polar surface area (TPSA) is 70.4 Å². The van der Waals surface area contributed by atoms with E-state index in [9.17, 15) is 14.9 Å². The largest absolute Gasteiger partial charge is 0.487 e. The summed E-state index contributed by atoms with van der Waals surface area (Å²) in [5.41, 5.74) is 2.83. The minimum absolute atomic E-state index is 0.178. The first-order chi connectivity index (χ1) is 16.4. The Bertz CT molecular complexity index is 1350. The number of imide groups is 1. The standard InChI is InChI=1S/C25H15ClI2N2O3S/c26-19-7-5-15(6-8-19)13-30-24(31)22(34-25(30)32)10-18-9-20(27)11-21(28)23(18)33-14-17-4-2-1-3-16(17)12-29/h1-11H,13-14H2/b22-10+. The normalized spacial score (nSPS) is 14.5. The van der Waals surface area contributed by atoms with Gasteiger partial charge in [-0.05, 0) is 98.9 Å². The Morgan fingerprint density at radius 2 is 1.82 bits per heavy atom. The maximum absolute atomic E-state index is 13.0. The molecular weight excluding hydrogens is 698 g/mol. The molecule has 9 heteroatoms. The van der Waals surface area contributed by atoms with E-state index in [-0.39, 0.29) is 24.3 Å². The number of nitrogens with zero attached hydrogens (tertiary/aromatic N) is 2. The third-order valence-electron chi connectivity index (χ3n) is 4.96. The molecule has 170 valence electrons. The maximum Gasteiger partial charge on any atom is 0.293 e. The van der Waals surface area contributed by atoms with E-state index < -0.39 is 0 Å². The summed E-state index contributed by atoms with van der Waals surface area (Å²) < 4.78 is 7.96. The van der Waals surface area contributed by atoms with Crippen LogP contribution < -0.4 is 4.74 Å². The summed E-state index contributed by atoms with van der Waals surface area (Å²) >= 11 is 11.2. The highest BCUT2D eigenvalue weighted by Crippen LogP contribution is 2.37. The van der Waals surface area contributed by atoms with Gasteiger partial charge >= 0.3 is 0 Å². The summed E-state index contributed by atoms with van der Waals surface area (Å²) in [6.45, 7) is 0.385. The second-order valence-electron chi connectivity index (χ2n) is 7.26. The molecule has 0 N–H and O–H groups in total. The Labute approximate surface area is 233 Å². The molecule has 0 unspecified atom stereocenters. The molecule has 0 saturated carbocycles. The van der Waals surface area contributed by atoms with Crippen LogP contribution in [-0.2, 0) is 17.9 Å². The van der Waals surface area contributed by atoms with Crippen molar-refractivity contribution in [2.75, 3.05) is 0 Å². The van der Waals surface area contributed by atoms with Crippen molar-refractivity contribution in [3.05, 3.63) is 100.0 Å². The summed E-state index contributed by atoms with van der Waals surface area (Å²) in [7, 11) is 0. The number of nitriles is 1. The molecule has 0 radical (unpaired) electrons. The Kier molecular flexibility index (Phi) is 8.18. The lowest BCUT2D eigenvalue weighted by molar-refractivity contribution is -0.123. The minimum atomic E-state index is -0.348. The van der Waals surface area contributed by atoms with Crippen LogP contribution in [0.4, 0.5) is 4.79 Å². The van der Waals surface area contributed by atoms with Gasteiger partial charge in [0.25, 0.3) is 11.1 Å². The lowest BCUT2D eigenvalue weighted by atomic mass is 10.1. The molecule has 1 aliphatic heterocycles. The number of carbonyl (C=O) groups excluding carboxylic acids is 2. The van der Waals surface area contributed by atoms with Gasteiger partial charge in [-0.3, -0.25) is 14.5 Å². The highest BCUT2D eigenvalue weighted by atomic mass is 127. The van der Waals surface area contributed by atoms with E-state index >= 15 is 0 Å². The van der Waals surface area contributed by atoms with E-state index in [1.165, 1.54) is 4.90 Å². The number of thioether (sulfide) groups is 1. The van der Waals surface area contributed by atoms with E-state index in [1.54, 1.807) is 36.4 Å². The molecule has 0 aromatic heterocycles. The number of benzene rings is 3. The first-order valence-electron chi connectivity index (χ1n) is 9.95. The summed E-state index contributed by atoms with van der Waals surface area (Å²) in [4.78, 5) is 27.2. The van der Waals surface area contributed by atoms with E-state index in [2.05, 4.69) is 51.3 Å². The molecule has 4 rings (SSSR count). The molecule has 1 saturated heterocycles. The summed E-state index contributed by atoms with van der Waals surface area (Å²) in [5.74, 6) is 0.248.